The Morgan fingerprint density at radius 1 is 0.960 bits per heavy atom. The van der Waals surface area contributed by atoms with Crippen molar-refractivity contribution in [1.29, 1.82) is 0 Å². The SMILES string of the molecule is COc1cc(Cc2cncnc2)cc(OC)c1OC.NNC(=O)NN. The van der Waals surface area contributed by atoms with Gasteiger partial charge in [-0.15, -0.1) is 0 Å². The first-order chi connectivity index (χ1) is 12.1. The van der Waals surface area contributed by atoms with Crippen molar-refractivity contribution in [2.45, 2.75) is 6.42 Å². The molecule has 1 aromatic carbocycles. The molecular formula is C15H22N6O4. The van der Waals surface area contributed by atoms with E-state index in [0.717, 1.165) is 11.1 Å². The lowest BCUT2D eigenvalue weighted by Gasteiger charge is -2.14. The van der Waals surface area contributed by atoms with Gasteiger partial charge in [-0.2, -0.15) is 0 Å². The Morgan fingerprint density at radius 3 is 1.84 bits per heavy atom. The number of amides is 2. The minimum atomic E-state index is -0.602. The lowest BCUT2D eigenvalue weighted by atomic mass is 10.1. The molecule has 0 saturated heterocycles. The van der Waals surface area contributed by atoms with Crippen LogP contribution >= 0.6 is 0 Å². The summed E-state index contributed by atoms with van der Waals surface area (Å²) in [7, 11) is 4.80. The van der Waals surface area contributed by atoms with Crippen LogP contribution in [0.2, 0.25) is 0 Å². The molecule has 0 bridgehead atoms. The van der Waals surface area contributed by atoms with Crippen molar-refractivity contribution in [3.63, 3.8) is 0 Å². The number of methoxy groups -OCH3 is 3. The number of nitrogens with two attached hydrogens (primary N) is 2. The quantitative estimate of drug-likeness (QED) is 0.338. The summed E-state index contributed by atoms with van der Waals surface area (Å²) in [5.41, 5.74) is 5.55. The van der Waals surface area contributed by atoms with E-state index in [-0.39, 0.29) is 0 Å². The van der Waals surface area contributed by atoms with E-state index in [4.69, 9.17) is 14.2 Å². The van der Waals surface area contributed by atoms with Crippen molar-refractivity contribution in [3.05, 3.63) is 42.0 Å². The smallest absolute Gasteiger partial charge is 0.343 e. The van der Waals surface area contributed by atoms with E-state index in [1.165, 1.54) is 6.33 Å². The maximum Gasteiger partial charge on any atom is 0.343 e. The van der Waals surface area contributed by atoms with Gasteiger partial charge < -0.3 is 14.2 Å². The summed E-state index contributed by atoms with van der Waals surface area (Å²) >= 11 is 0. The molecule has 0 aliphatic carbocycles. The van der Waals surface area contributed by atoms with Crippen LogP contribution in [-0.4, -0.2) is 37.3 Å². The predicted molar refractivity (Wildman–Crippen MR) is 91.0 cm³/mol. The molecule has 0 aliphatic heterocycles. The standard InChI is InChI=1S/C14H16N2O3.CH6N4O/c1-17-12-5-10(4-11-7-15-9-16-8-11)6-13(18-2)14(12)19-3;2-4-1(6)5-3/h5-9H,4H2,1-3H3;2-3H2,(H2,4,5,6). The average Bonchev–Trinajstić information content (AvgIpc) is 2.67. The van der Waals surface area contributed by atoms with Gasteiger partial charge in [-0.05, 0) is 23.3 Å². The molecule has 0 atom stereocenters. The molecule has 0 radical (unpaired) electrons. The van der Waals surface area contributed by atoms with Gasteiger partial charge >= 0.3 is 6.03 Å². The maximum absolute atomic E-state index is 9.71. The van der Waals surface area contributed by atoms with Gasteiger partial charge in [0.2, 0.25) is 5.75 Å². The van der Waals surface area contributed by atoms with Crippen LogP contribution in [0.25, 0.3) is 0 Å². The zero-order chi connectivity index (χ0) is 18.7. The van der Waals surface area contributed by atoms with Crippen LogP contribution in [0, 0.1) is 0 Å². The summed E-state index contributed by atoms with van der Waals surface area (Å²) in [5, 5.41) is 0. The van der Waals surface area contributed by atoms with Crippen molar-refractivity contribution in [2.24, 2.45) is 11.7 Å². The molecule has 10 heteroatoms. The van der Waals surface area contributed by atoms with Crippen molar-refractivity contribution >= 4 is 6.03 Å². The molecule has 25 heavy (non-hydrogen) atoms. The molecule has 0 fully saturated rings. The van der Waals surface area contributed by atoms with Gasteiger partial charge in [0.1, 0.15) is 6.33 Å². The molecule has 6 N–H and O–H groups in total. The second kappa shape index (κ2) is 10.6. The van der Waals surface area contributed by atoms with E-state index >= 15 is 0 Å². The van der Waals surface area contributed by atoms with Crippen molar-refractivity contribution in [1.82, 2.24) is 20.8 Å². The van der Waals surface area contributed by atoms with Gasteiger partial charge in [-0.1, -0.05) is 0 Å². The van der Waals surface area contributed by atoms with Crippen LogP contribution in [-0.2, 0) is 6.42 Å². The molecule has 136 valence electrons. The highest BCUT2D eigenvalue weighted by Gasteiger charge is 2.13. The molecule has 2 amide bonds. The third-order valence-corrected chi connectivity index (χ3v) is 3.01. The Bertz CT molecular complexity index is 637. The van der Waals surface area contributed by atoms with Gasteiger partial charge in [-0.25, -0.2) is 26.4 Å². The zero-order valence-corrected chi connectivity index (χ0v) is 14.3. The lowest BCUT2D eigenvalue weighted by Crippen LogP contribution is -2.43. The summed E-state index contributed by atoms with van der Waals surface area (Å²) in [4.78, 5) is 17.7. The summed E-state index contributed by atoms with van der Waals surface area (Å²) in [6.45, 7) is 0. The normalized spacial score (nSPS) is 9.32. The Labute approximate surface area is 145 Å². The minimum Gasteiger partial charge on any atom is -0.493 e. The van der Waals surface area contributed by atoms with Gasteiger partial charge in [0.05, 0.1) is 21.3 Å². The van der Waals surface area contributed by atoms with Crippen LogP contribution < -0.4 is 36.7 Å². The van der Waals surface area contributed by atoms with Crippen LogP contribution in [0.1, 0.15) is 11.1 Å². The number of carbonyl (C=O) groups excluding carboxylic acids is 1. The zero-order valence-electron chi connectivity index (χ0n) is 14.3. The number of hydrogen-bond donors (Lipinski definition) is 4. The fraction of sp³-hybridized carbons (Fsp3) is 0.267. The van der Waals surface area contributed by atoms with Gasteiger partial charge in [-0.3, -0.25) is 10.9 Å². The van der Waals surface area contributed by atoms with E-state index < -0.39 is 6.03 Å². The highest BCUT2D eigenvalue weighted by Crippen LogP contribution is 2.38. The Kier molecular flexibility index (Phi) is 8.47. The van der Waals surface area contributed by atoms with Crippen LogP contribution in [0.4, 0.5) is 4.79 Å². The molecule has 2 rings (SSSR count). The Morgan fingerprint density at radius 2 is 1.48 bits per heavy atom. The molecule has 0 saturated carbocycles. The molecule has 10 nitrogen and oxygen atoms in total. The van der Waals surface area contributed by atoms with E-state index in [9.17, 15) is 4.79 Å². The number of nitrogens with one attached hydrogen (secondary N) is 2. The number of benzene rings is 1. The molecule has 0 unspecified atom stereocenters. The van der Waals surface area contributed by atoms with Crippen LogP contribution in [0.3, 0.4) is 0 Å². The number of aromatic nitrogens is 2. The number of hydrogen-bond acceptors (Lipinski definition) is 8. The number of ether oxygens (including phenoxy) is 3. The molecular weight excluding hydrogens is 328 g/mol. The first-order valence-corrected chi connectivity index (χ1v) is 7.09. The Balaban J connectivity index is 0.000000450. The number of urea groups is 1. The summed E-state index contributed by atoms with van der Waals surface area (Å²) in [5.74, 6) is 11.0. The number of carbonyl (C=O) groups is 1. The monoisotopic (exact) mass is 350 g/mol. The summed E-state index contributed by atoms with van der Waals surface area (Å²) in [6.07, 6.45) is 5.79. The highest BCUT2D eigenvalue weighted by atomic mass is 16.5. The third kappa shape index (κ3) is 6.12. The van der Waals surface area contributed by atoms with E-state index in [1.54, 1.807) is 44.6 Å². The largest absolute Gasteiger partial charge is 0.493 e. The molecule has 2 aromatic rings. The van der Waals surface area contributed by atoms with Crippen molar-refractivity contribution in [3.8, 4) is 17.2 Å². The lowest BCUT2D eigenvalue weighted by molar-refractivity contribution is 0.241. The number of nitrogens with zero attached hydrogens (tertiary/aromatic N) is 2. The van der Waals surface area contributed by atoms with Gasteiger partial charge in [0.15, 0.2) is 11.5 Å². The van der Waals surface area contributed by atoms with Crippen LogP contribution in [0.15, 0.2) is 30.9 Å². The second-order valence-corrected chi connectivity index (χ2v) is 4.57. The van der Waals surface area contributed by atoms with E-state index in [0.29, 0.717) is 23.7 Å². The number of hydrazine groups is 2. The fourth-order valence-electron chi connectivity index (χ4n) is 1.94. The minimum absolute atomic E-state index is 0.595. The first kappa shape index (κ1) is 19.9. The second-order valence-electron chi connectivity index (χ2n) is 4.57. The van der Waals surface area contributed by atoms with E-state index in [2.05, 4.69) is 21.7 Å². The predicted octanol–water partition coefficient (Wildman–Crippen LogP) is 0.126. The molecule has 1 heterocycles. The highest BCUT2D eigenvalue weighted by molar-refractivity contribution is 5.72. The van der Waals surface area contributed by atoms with Crippen molar-refractivity contribution < 1.29 is 19.0 Å². The first-order valence-electron chi connectivity index (χ1n) is 7.09. The van der Waals surface area contributed by atoms with Gasteiger partial charge in [0, 0.05) is 18.8 Å². The average molecular weight is 350 g/mol. The third-order valence-electron chi connectivity index (χ3n) is 3.01. The summed E-state index contributed by atoms with van der Waals surface area (Å²) < 4.78 is 15.9. The molecule has 0 spiro atoms. The Hall–Kier alpha value is -3.11. The maximum atomic E-state index is 9.71. The number of rotatable bonds is 5. The van der Waals surface area contributed by atoms with E-state index in [1.807, 2.05) is 12.1 Å². The van der Waals surface area contributed by atoms with Crippen molar-refractivity contribution in [2.75, 3.05) is 21.3 Å². The topological polar surface area (TPSA) is 147 Å². The molecule has 1 aromatic heterocycles. The van der Waals surface area contributed by atoms with Gasteiger partial charge in [0.25, 0.3) is 0 Å². The van der Waals surface area contributed by atoms with Crippen LogP contribution in [0.5, 0.6) is 17.2 Å². The molecule has 0 aliphatic rings. The summed E-state index contributed by atoms with van der Waals surface area (Å²) in [6, 6.07) is 3.25. The fourth-order valence-corrected chi connectivity index (χ4v) is 1.94.